The Hall–Kier alpha value is -4.41. The maximum absolute atomic E-state index is 13.3. The van der Waals surface area contributed by atoms with Crippen molar-refractivity contribution in [1.82, 2.24) is 14.9 Å². The van der Waals surface area contributed by atoms with Gasteiger partial charge in [-0.1, -0.05) is 24.2 Å². The molecule has 2 aromatic carbocycles. The monoisotopic (exact) mass is 469 g/mol. The fraction of sp³-hybridized carbons (Fsp3) is 0.130. The third-order valence-corrected chi connectivity index (χ3v) is 5.32. The van der Waals surface area contributed by atoms with Crippen molar-refractivity contribution in [1.29, 1.82) is 0 Å². The topological polar surface area (TPSA) is 130 Å². The molecular weight excluding hydrogens is 451 g/mol. The lowest BCUT2D eigenvalue weighted by Crippen LogP contribution is -2.28. The van der Waals surface area contributed by atoms with Gasteiger partial charge in [0, 0.05) is 23.2 Å². The second-order valence-corrected chi connectivity index (χ2v) is 7.63. The van der Waals surface area contributed by atoms with Crippen LogP contribution in [0.25, 0.3) is 16.8 Å². The van der Waals surface area contributed by atoms with Crippen LogP contribution >= 0.6 is 0 Å². The van der Waals surface area contributed by atoms with E-state index in [-0.39, 0.29) is 22.5 Å². The second-order valence-electron chi connectivity index (χ2n) is 7.63. The van der Waals surface area contributed by atoms with Crippen molar-refractivity contribution in [2.24, 2.45) is 5.73 Å². The lowest BCUT2D eigenvalue weighted by Gasteiger charge is -2.18. The molecule has 1 amide bonds. The molecule has 4 aromatic rings. The van der Waals surface area contributed by atoms with Crippen LogP contribution in [0.5, 0.6) is 0 Å². The molecule has 174 valence electrons. The molecule has 2 aromatic heterocycles. The van der Waals surface area contributed by atoms with Gasteiger partial charge < -0.3 is 16.0 Å². The van der Waals surface area contributed by atoms with Crippen LogP contribution in [0.3, 0.4) is 0 Å². The highest BCUT2D eigenvalue weighted by Gasteiger charge is 2.32. The van der Waals surface area contributed by atoms with Crippen LogP contribution in [-0.4, -0.2) is 20.8 Å². The van der Waals surface area contributed by atoms with Gasteiger partial charge in [-0.05, 0) is 47.0 Å². The molecule has 0 fully saturated rings. The zero-order valence-corrected chi connectivity index (χ0v) is 17.7. The molecule has 8 nitrogen and oxygen atoms in total. The average molecular weight is 469 g/mol. The number of primary amides is 1. The number of hydrogen-bond donors (Lipinski definition) is 2. The molecule has 34 heavy (non-hydrogen) atoms. The van der Waals surface area contributed by atoms with Gasteiger partial charge in [0.2, 0.25) is 0 Å². The predicted octanol–water partition coefficient (Wildman–Crippen LogP) is 3.74. The smallest absolute Gasteiger partial charge is 0.399 e. The highest BCUT2D eigenvalue weighted by atomic mass is 19.4. The first kappa shape index (κ1) is 22.8. The summed E-state index contributed by atoms with van der Waals surface area (Å²) in [6, 6.07) is 10.9. The van der Waals surface area contributed by atoms with Gasteiger partial charge in [0.25, 0.3) is 11.5 Å². The molecule has 0 radical (unpaired) electrons. The lowest BCUT2D eigenvalue weighted by atomic mass is 9.90. The quantitative estimate of drug-likeness (QED) is 0.428. The Kier molecular flexibility index (Phi) is 5.70. The summed E-state index contributed by atoms with van der Waals surface area (Å²) >= 11 is 0. The average Bonchev–Trinajstić information content (AvgIpc) is 3.32. The van der Waals surface area contributed by atoms with Gasteiger partial charge in [0.1, 0.15) is 6.26 Å². The third-order valence-electron chi connectivity index (χ3n) is 5.32. The molecule has 1 atom stereocenters. The Morgan fingerprint density at radius 2 is 1.88 bits per heavy atom. The van der Waals surface area contributed by atoms with Crippen molar-refractivity contribution < 1.29 is 22.5 Å². The second kappa shape index (κ2) is 8.50. The predicted molar refractivity (Wildman–Crippen MR) is 117 cm³/mol. The maximum Gasteiger partial charge on any atom is 0.416 e. The molecule has 2 heterocycles. The summed E-state index contributed by atoms with van der Waals surface area (Å²) in [5.74, 6) is -1.77. The van der Waals surface area contributed by atoms with Crippen LogP contribution in [0.1, 0.15) is 40.0 Å². The largest absolute Gasteiger partial charge is 0.416 e. The molecule has 0 spiro atoms. The van der Waals surface area contributed by atoms with Gasteiger partial charge in [-0.3, -0.25) is 9.59 Å². The number of nitrogens with two attached hydrogens (primary N) is 2. The van der Waals surface area contributed by atoms with Crippen molar-refractivity contribution in [2.75, 3.05) is 5.73 Å². The fourth-order valence-corrected chi connectivity index (χ4v) is 3.61. The van der Waals surface area contributed by atoms with Gasteiger partial charge in [0.15, 0.2) is 5.69 Å². The fourth-order valence-electron chi connectivity index (χ4n) is 3.61. The maximum atomic E-state index is 13.3. The molecular formula is C23H18F3N5O3. The summed E-state index contributed by atoms with van der Waals surface area (Å²) in [4.78, 5) is 25.2. The van der Waals surface area contributed by atoms with E-state index >= 15 is 0 Å². The van der Waals surface area contributed by atoms with Gasteiger partial charge in [-0.25, -0.2) is 0 Å². The van der Waals surface area contributed by atoms with Crippen molar-refractivity contribution in [3.8, 4) is 16.8 Å². The number of halogens is 3. The molecule has 4 N–H and O–H groups in total. The van der Waals surface area contributed by atoms with Crippen LogP contribution in [-0.2, 0) is 6.18 Å². The normalized spacial score (nSPS) is 12.5. The first-order chi connectivity index (χ1) is 16.0. The number of alkyl halides is 3. The number of carbonyl (C=O) groups excluding carboxylic acids is 1. The Balaban J connectivity index is 1.82. The number of nitrogen functional groups attached to an aromatic ring is 1. The Bertz CT molecular complexity index is 1430. The molecule has 0 bridgehead atoms. The van der Waals surface area contributed by atoms with Crippen LogP contribution in [0.15, 0.2) is 70.3 Å². The van der Waals surface area contributed by atoms with E-state index in [2.05, 4.69) is 10.3 Å². The van der Waals surface area contributed by atoms with E-state index in [1.165, 1.54) is 25.5 Å². The molecule has 1 unspecified atom stereocenters. The molecule has 0 saturated carbocycles. The Morgan fingerprint density at radius 1 is 1.12 bits per heavy atom. The molecule has 0 saturated heterocycles. The highest BCUT2D eigenvalue weighted by molar-refractivity contribution is 5.92. The highest BCUT2D eigenvalue weighted by Crippen LogP contribution is 2.35. The molecule has 11 heteroatoms. The zero-order chi connectivity index (χ0) is 24.6. The number of amides is 1. The molecule has 0 aliphatic heterocycles. The van der Waals surface area contributed by atoms with Gasteiger partial charge in [0.05, 0.1) is 17.4 Å². The van der Waals surface area contributed by atoms with Crippen molar-refractivity contribution in [2.45, 2.75) is 19.0 Å². The van der Waals surface area contributed by atoms with Gasteiger partial charge >= 0.3 is 6.18 Å². The number of benzene rings is 2. The number of nitrogens with zero attached hydrogens (tertiary/aromatic N) is 3. The third kappa shape index (κ3) is 4.40. The summed E-state index contributed by atoms with van der Waals surface area (Å²) in [5, 5.41) is 7.79. The zero-order valence-electron chi connectivity index (χ0n) is 17.7. The van der Waals surface area contributed by atoms with Crippen molar-refractivity contribution >= 4 is 11.6 Å². The van der Waals surface area contributed by atoms with E-state index in [0.29, 0.717) is 16.8 Å². The number of hydrogen-bond acceptors (Lipinski definition) is 6. The summed E-state index contributed by atoms with van der Waals surface area (Å²) in [7, 11) is 0. The summed E-state index contributed by atoms with van der Waals surface area (Å²) in [5.41, 5.74) is 11.2. The van der Waals surface area contributed by atoms with E-state index in [9.17, 15) is 22.8 Å². The van der Waals surface area contributed by atoms with Crippen molar-refractivity contribution in [3.05, 3.63) is 93.7 Å². The summed E-state index contributed by atoms with van der Waals surface area (Å²) in [6.45, 7) is 1.54. The molecule has 0 aliphatic carbocycles. The number of anilines is 1. The first-order valence-electron chi connectivity index (χ1n) is 9.96. The number of aromatic nitrogens is 3. The van der Waals surface area contributed by atoms with Gasteiger partial charge in [-0.15, -0.1) is 0 Å². The number of carbonyl (C=O) groups is 1. The van der Waals surface area contributed by atoms with E-state index in [1.54, 1.807) is 24.3 Å². The first-order valence-corrected chi connectivity index (χ1v) is 9.96. The summed E-state index contributed by atoms with van der Waals surface area (Å²) < 4.78 is 45.6. The van der Waals surface area contributed by atoms with Crippen LogP contribution in [0.2, 0.25) is 0 Å². The van der Waals surface area contributed by atoms with E-state index in [1.807, 2.05) is 0 Å². The van der Waals surface area contributed by atoms with Crippen LogP contribution in [0.4, 0.5) is 18.9 Å². The Labute approximate surface area is 190 Å². The van der Waals surface area contributed by atoms with E-state index in [0.717, 1.165) is 22.9 Å². The van der Waals surface area contributed by atoms with Crippen molar-refractivity contribution in [3.63, 3.8) is 0 Å². The van der Waals surface area contributed by atoms with E-state index < -0.39 is 29.1 Å². The minimum absolute atomic E-state index is 0.0858. The number of rotatable bonds is 5. The molecule has 4 rings (SSSR count). The standard InChI is InChI=1S/C23H18F3N5O3/c1-12(14-5-16(23(24,25)26)8-17(27)6-14)19-9-20(32)31(30-21(19)22(28)33)18-4-2-3-13(7-18)15-10-29-34-11-15/h2-12H,27H2,1H3,(H2,28,33). The molecule has 0 aliphatic rings. The summed E-state index contributed by atoms with van der Waals surface area (Å²) in [6.07, 6.45) is -1.70. The van der Waals surface area contributed by atoms with E-state index in [4.69, 9.17) is 16.0 Å². The van der Waals surface area contributed by atoms with Gasteiger partial charge in [-0.2, -0.15) is 23.0 Å². The minimum Gasteiger partial charge on any atom is -0.399 e. The minimum atomic E-state index is -4.62. The lowest BCUT2D eigenvalue weighted by molar-refractivity contribution is -0.137. The van der Waals surface area contributed by atoms with Crippen LogP contribution < -0.4 is 17.0 Å². The SMILES string of the molecule is CC(c1cc(N)cc(C(F)(F)F)c1)c1cc(=O)n(-c2cccc(-c3cnoc3)c2)nc1C(N)=O. The Morgan fingerprint density at radius 3 is 2.53 bits per heavy atom. The van der Waals surface area contributed by atoms with Crippen LogP contribution in [0, 0.1) is 0 Å².